The standard InChI is InChI=1S/C11H13N5/c1-9-11(13-5-4-12-9)15-7-10(8-15)16-6-2-3-14-16/h2-6,10H,7-8H2,1H3. The zero-order chi connectivity index (χ0) is 11.0. The lowest BCUT2D eigenvalue weighted by molar-refractivity contribution is 0.365. The topological polar surface area (TPSA) is 46.8 Å². The number of anilines is 1. The third-order valence-electron chi connectivity index (χ3n) is 2.92. The lowest BCUT2D eigenvalue weighted by Crippen LogP contribution is -2.48. The minimum atomic E-state index is 0.469. The third-order valence-corrected chi connectivity index (χ3v) is 2.92. The highest BCUT2D eigenvalue weighted by Gasteiger charge is 2.30. The number of hydrogen-bond acceptors (Lipinski definition) is 4. The fraction of sp³-hybridized carbons (Fsp3) is 0.364. The van der Waals surface area contributed by atoms with Crippen LogP contribution in [0.15, 0.2) is 30.9 Å². The quantitative estimate of drug-likeness (QED) is 0.751. The Bertz CT molecular complexity index is 473. The molecule has 0 saturated carbocycles. The second-order valence-corrected chi connectivity index (χ2v) is 4.01. The van der Waals surface area contributed by atoms with Gasteiger partial charge in [0.2, 0.25) is 0 Å². The van der Waals surface area contributed by atoms with Crippen molar-refractivity contribution in [3.05, 3.63) is 36.5 Å². The van der Waals surface area contributed by atoms with E-state index in [4.69, 9.17) is 0 Å². The average molecular weight is 215 g/mol. The van der Waals surface area contributed by atoms with Crippen LogP contribution in [0, 0.1) is 6.92 Å². The largest absolute Gasteiger partial charge is 0.351 e. The maximum Gasteiger partial charge on any atom is 0.150 e. The zero-order valence-electron chi connectivity index (χ0n) is 9.11. The van der Waals surface area contributed by atoms with Gasteiger partial charge in [-0.05, 0) is 13.0 Å². The maximum absolute atomic E-state index is 4.35. The van der Waals surface area contributed by atoms with Gasteiger partial charge in [0.1, 0.15) is 5.82 Å². The van der Waals surface area contributed by atoms with Gasteiger partial charge in [0, 0.05) is 37.9 Å². The van der Waals surface area contributed by atoms with Gasteiger partial charge in [-0.25, -0.2) is 4.98 Å². The van der Waals surface area contributed by atoms with Crippen LogP contribution in [0.2, 0.25) is 0 Å². The van der Waals surface area contributed by atoms with Crippen LogP contribution in [0.3, 0.4) is 0 Å². The van der Waals surface area contributed by atoms with Crippen molar-refractivity contribution >= 4 is 5.82 Å². The van der Waals surface area contributed by atoms with E-state index in [2.05, 4.69) is 20.0 Å². The van der Waals surface area contributed by atoms with E-state index in [-0.39, 0.29) is 0 Å². The number of nitrogens with zero attached hydrogens (tertiary/aromatic N) is 5. The predicted molar refractivity (Wildman–Crippen MR) is 60.2 cm³/mol. The van der Waals surface area contributed by atoms with Gasteiger partial charge in [0.15, 0.2) is 0 Å². The molecule has 0 atom stereocenters. The van der Waals surface area contributed by atoms with Crippen molar-refractivity contribution in [1.29, 1.82) is 0 Å². The van der Waals surface area contributed by atoms with E-state index >= 15 is 0 Å². The molecule has 1 fully saturated rings. The Kier molecular flexibility index (Phi) is 2.09. The highest BCUT2D eigenvalue weighted by Crippen LogP contribution is 2.26. The molecular weight excluding hydrogens is 202 g/mol. The lowest BCUT2D eigenvalue weighted by Gasteiger charge is -2.40. The minimum Gasteiger partial charge on any atom is -0.351 e. The van der Waals surface area contributed by atoms with Crippen molar-refractivity contribution < 1.29 is 0 Å². The predicted octanol–water partition coefficient (Wildman–Crippen LogP) is 1.04. The third kappa shape index (κ3) is 1.44. The molecule has 3 rings (SSSR count). The lowest BCUT2D eigenvalue weighted by atomic mass is 10.1. The smallest absolute Gasteiger partial charge is 0.150 e. The average Bonchev–Trinajstić information content (AvgIpc) is 2.72. The molecule has 5 heteroatoms. The van der Waals surface area contributed by atoms with E-state index in [1.54, 1.807) is 12.4 Å². The molecule has 16 heavy (non-hydrogen) atoms. The second-order valence-electron chi connectivity index (χ2n) is 4.01. The van der Waals surface area contributed by atoms with E-state index in [1.165, 1.54) is 0 Å². The van der Waals surface area contributed by atoms with Gasteiger partial charge in [-0.1, -0.05) is 0 Å². The summed E-state index contributed by atoms with van der Waals surface area (Å²) in [7, 11) is 0. The van der Waals surface area contributed by atoms with Gasteiger partial charge in [-0.3, -0.25) is 9.67 Å². The molecule has 0 aromatic carbocycles. The fourth-order valence-corrected chi connectivity index (χ4v) is 2.00. The van der Waals surface area contributed by atoms with Gasteiger partial charge in [0.05, 0.1) is 11.7 Å². The summed E-state index contributed by atoms with van der Waals surface area (Å²) in [6, 6.07) is 2.42. The monoisotopic (exact) mass is 215 g/mol. The molecule has 0 bridgehead atoms. The van der Waals surface area contributed by atoms with Crippen LogP contribution in [0.25, 0.3) is 0 Å². The Hall–Kier alpha value is -1.91. The normalized spacial score (nSPS) is 16.2. The maximum atomic E-state index is 4.35. The Balaban J connectivity index is 1.72. The molecule has 82 valence electrons. The molecule has 1 aliphatic rings. The number of rotatable bonds is 2. The molecule has 0 N–H and O–H groups in total. The summed E-state index contributed by atoms with van der Waals surface area (Å²) in [5.74, 6) is 0.992. The zero-order valence-corrected chi connectivity index (χ0v) is 9.11. The van der Waals surface area contributed by atoms with Crippen LogP contribution >= 0.6 is 0 Å². The van der Waals surface area contributed by atoms with Crippen molar-refractivity contribution in [1.82, 2.24) is 19.7 Å². The van der Waals surface area contributed by atoms with Crippen molar-refractivity contribution in [2.24, 2.45) is 0 Å². The molecule has 0 radical (unpaired) electrons. The van der Waals surface area contributed by atoms with Crippen LogP contribution in [-0.4, -0.2) is 32.8 Å². The second kappa shape index (κ2) is 3.59. The van der Waals surface area contributed by atoms with Crippen molar-refractivity contribution in [2.75, 3.05) is 18.0 Å². The minimum absolute atomic E-state index is 0.469. The SMILES string of the molecule is Cc1nccnc1N1CC(n2cccn2)C1. The van der Waals surface area contributed by atoms with Crippen LogP contribution in [0.1, 0.15) is 11.7 Å². The fourth-order valence-electron chi connectivity index (χ4n) is 2.00. The van der Waals surface area contributed by atoms with Gasteiger partial charge >= 0.3 is 0 Å². The summed E-state index contributed by atoms with van der Waals surface area (Å²) < 4.78 is 2.00. The number of hydrogen-bond donors (Lipinski definition) is 0. The Morgan fingerprint density at radius 1 is 1.19 bits per heavy atom. The highest BCUT2D eigenvalue weighted by molar-refractivity contribution is 5.45. The summed E-state index contributed by atoms with van der Waals surface area (Å²) in [6.07, 6.45) is 7.29. The summed E-state index contributed by atoms with van der Waals surface area (Å²) in [6.45, 7) is 3.91. The van der Waals surface area contributed by atoms with Crippen molar-refractivity contribution in [2.45, 2.75) is 13.0 Å². The summed E-state index contributed by atoms with van der Waals surface area (Å²) in [5, 5.41) is 4.24. The number of aryl methyl sites for hydroxylation is 1. The molecule has 0 spiro atoms. The van der Waals surface area contributed by atoms with Gasteiger partial charge < -0.3 is 4.90 Å². The van der Waals surface area contributed by atoms with Crippen LogP contribution in [-0.2, 0) is 0 Å². The molecule has 0 aliphatic carbocycles. The first-order valence-electron chi connectivity index (χ1n) is 5.36. The molecule has 2 aromatic heterocycles. The molecule has 2 aromatic rings. The Labute approximate surface area is 93.7 Å². The summed E-state index contributed by atoms with van der Waals surface area (Å²) in [5.41, 5.74) is 0.987. The van der Waals surface area contributed by atoms with Gasteiger partial charge in [-0.15, -0.1) is 0 Å². The van der Waals surface area contributed by atoms with Crippen LogP contribution in [0.5, 0.6) is 0 Å². The van der Waals surface area contributed by atoms with Crippen molar-refractivity contribution in [3.8, 4) is 0 Å². The van der Waals surface area contributed by atoms with E-state index in [0.29, 0.717) is 6.04 Å². The van der Waals surface area contributed by atoms with Gasteiger partial charge in [-0.2, -0.15) is 5.10 Å². The summed E-state index contributed by atoms with van der Waals surface area (Å²) in [4.78, 5) is 10.8. The molecule has 3 heterocycles. The molecule has 5 nitrogen and oxygen atoms in total. The molecule has 0 amide bonds. The Morgan fingerprint density at radius 3 is 2.69 bits per heavy atom. The van der Waals surface area contributed by atoms with Crippen LogP contribution < -0.4 is 4.90 Å². The van der Waals surface area contributed by atoms with E-state index in [0.717, 1.165) is 24.6 Å². The van der Waals surface area contributed by atoms with Gasteiger partial charge in [0.25, 0.3) is 0 Å². The Morgan fingerprint density at radius 2 is 2.00 bits per heavy atom. The van der Waals surface area contributed by atoms with E-state index in [1.807, 2.05) is 30.1 Å². The van der Waals surface area contributed by atoms with Crippen molar-refractivity contribution in [3.63, 3.8) is 0 Å². The first kappa shape index (κ1) is 9.33. The van der Waals surface area contributed by atoms with Crippen LogP contribution in [0.4, 0.5) is 5.82 Å². The van der Waals surface area contributed by atoms with E-state index in [9.17, 15) is 0 Å². The van der Waals surface area contributed by atoms with E-state index < -0.39 is 0 Å². The molecular formula is C11H13N5. The highest BCUT2D eigenvalue weighted by atomic mass is 15.4. The molecule has 1 saturated heterocycles. The molecule has 1 aliphatic heterocycles. The molecule has 0 unspecified atom stereocenters. The first-order valence-corrected chi connectivity index (χ1v) is 5.36. The first-order chi connectivity index (χ1) is 7.84. The summed E-state index contributed by atoms with van der Waals surface area (Å²) >= 11 is 0. The number of aromatic nitrogens is 4.